The van der Waals surface area contributed by atoms with E-state index in [4.69, 9.17) is 9.84 Å². The minimum Gasteiger partial charge on any atom is -0.466 e. The zero-order chi connectivity index (χ0) is 16.1. The third-order valence-electron chi connectivity index (χ3n) is 5.77. The van der Waals surface area contributed by atoms with Crippen molar-refractivity contribution in [2.45, 2.75) is 50.8 Å². The van der Waals surface area contributed by atoms with Gasteiger partial charge in [-0.15, -0.1) is 11.3 Å². The van der Waals surface area contributed by atoms with Crippen molar-refractivity contribution in [1.29, 1.82) is 0 Å². The topological polar surface area (TPSA) is 24.8 Å². The number of hydrogen-bond donors (Lipinski definition) is 0. The quantitative estimate of drug-likeness (QED) is 0.714. The van der Waals surface area contributed by atoms with Gasteiger partial charge in [-0.3, -0.25) is 0 Å². The van der Waals surface area contributed by atoms with E-state index < -0.39 is 0 Å². The van der Waals surface area contributed by atoms with Gasteiger partial charge in [0.05, 0.1) is 16.6 Å². The molecule has 3 nitrogen and oxygen atoms in total. The first-order chi connectivity index (χ1) is 11.8. The maximum absolute atomic E-state index is 6.61. The summed E-state index contributed by atoms with van der Waals surface area (Å²) in [7, 11) is 0. The molecule has 3 heterocycles. The Morgan fingerprint density at radius 2 is 2.00 bits per heavy atom. The van der Waals surface area contributed by atoms with Crippen LogP contribution >= 0.6 is 11.3 Å². The Morgan fingerprint density at radius 1 is 1.17 bits per heavy atom. The minimum absolute atomic E-state index is 0.245. The second-order valence-electron chi connectivity index (χ2n) is 7.36. The molecule has 1 aromatic carbocycles. The molecule has 2 aliphatic heterocycles. The van der Waals surface area contributed by atoms with E-state index in [1.54, 1.807) is 11.3 Å². The summed E-state index contributed by atoms with van der Waals surface area (Å²) in [6.07, 6.45) is 5.56. The molecule has 124 valence electrons. The summed E-state index contributed by atoms with van der Waals surface area (Å²) in [5.41, 5.74) is 2.26. The van der Waals surface area contributed by atoms with Crippen LogP contribution in [-0.2, 0) is 0 Å². The second-order valence-corrected chi connectivity index (χ2v) is 8.30. The lowest BCUT2D eigenvalue weighted by Crippen LogP contribution is -2.55. The van der Waals surface area contributed by atoms with Crippen LogP contribution in [0.15, 0.2) is 46.9 Å². The normalized spacial score (nSPS) is 31.4. The molecule has 0 bridgehead atoms. The standard InChI is InChI=1S/C20H22N2OS/c1-14-8-10-20(11-9-14)22-17(15-5-2-3-6-18(15)23-20)13-16(21-22)19-7-4-12-24-19/h2-7,12,14,17H,8-11,13H2,1H3. The van der Waals surface area contributed by atoms with Crippen molar-refractivity contribution in [3.63, 3.8) is 0 Å². The van der Waals surface area contributed by atoms with Gasteiger partial charge < -0.3 is 4.74 Å². The predicted molar refractivity (Wildman–Crippen MR) is 97.5 cm³/mol. The molecule has 0 saturated heterocycles. The predicted octanol–water partition coefficient (Wildman–Crippen LogP) is 5.20. The molecule has 3 aliphatic rings. The van der Waals surface area contributed by atoms with Gasteiger partial charge in [0.15, 0.2) is 5.72 Å². The van der Waals surface area contributed by atoms with Crippen molar-refractivity contribution in [3.05, 3.63) is 52.2 Å². The molecule has 4 heteroatoms. The summed E-state index contributed by atoms with van der Waals surface area (Å²) in [4.78, 5) is 1.29. The van der Waals surface area contributed by atoms with Crippen LogP contribution in [0.3, 0.4) is 0 Å². The summed E-state index contributed by atoms with van der Waals surface area (Å²) >= 11 is 1.78. The summed E-state index contributed by atoms with van der Waals surface area (Å²) in [5.74, 6) is 1.86. The molecule has 5 rings (SSSR count). The third-order valence-corrected chi connectivity index (χ3v) is 6.69. The largest absolute Gasteiger partial charge is 0.466 e. The molecule has 0 radical (unpaired) electrons. The number of benzene rings is 1. The van der Waals surface area contributed by atoms with E-state index in [-0.39, 0.29) is 5.72 Å². The van der Waals surface area contributed by atoms with Crippen molar-refractivity contribution in [1.82, 2.24) is 5.01 Å². The second kappa shape index (κ2) is 5.35. The van der Waals surface area contributed by atoms with E-state index in [1.165, 1.54) is 29.0 Å². The summed E-state index contributed by atoms with van der Waals surface area (Å²) in [5, 5.41) is 9.54. The van der Waals surface area contributed by atoms with E-state index in [0.29, 0.717) is 6.04 Å². The molecule has 1 unspecified atom stereocenters. The average Bonchev–Trinajstić information content (AvgIpc) is 3.27. The Morgan fingerprint density at radius 3 is 2.79 bits per heavy atom. The number of rotatable bonds is 1. The molecule has 0 N–H and O–H groups in total. The van der Waals surface area contributed by atoms with Crippen LogP contribution in [0.4, 0.5) is 0 Å². The maximum atomic E-state index is 6.61. The van der Waals surface area contributed by atoms with Crippen molar-refractivity contribution in [3.8, 4) is 5.75 Å². The van der Waals surface area contributed by atoms with Gasteiger partial charge in [-0.1, -0.05) is 31.2 Å². The van der Waals surface area contributed by atoms with Crippen LogP contribution in [0.5, 0.6) is 5.75 Å². The Balaban J connectivity index is 1.59. The van der Waals surface area contributed by atoms with Gasteiger partial charge in [0.1, 0.15) is 5.75 Å². The SMILES string of the molecule is CC1CCC2(CC1)Oc1ccccc1C1CC(c3cccs3)=NN12. The fourth-order valence-corrected chi connectivity index (χ4v) is 5.09. The molecule has 1 aliphatic carbocycles. The lowest BCUT2D eigenvalue weighted by molar-refractivity contribution is -0.145. The van der Waals surface area contributed by atoms with Gasteiger partial charge >= 0.3 is 0 Å². The van der Waals surface area contributed by atoms with E-state index >= 15 is 0 Å². The number of hydrazone groups is 1. The highest BCUT2D eigenvalue weighted by atomic mass is 32.1. The van der Waals surface area contributed by atoms with Crippen molar-refractivity contribution < 1.29 is 4.74 Å². The first kappa shape index (κ1) is 14.5. The summed E-state index contributed by atoms with van der Waals surface area (Å²) < 4.78 is 6.61. The molecular formula is C20H22N2OS. The van der Waals surface area contributed by atoms with Crippen LogP contribution < -0.4 is 4.74 Å². The van der Waals surface area contributed by atoms with E-state index in [1.807, 2.05) is 0 Å². The van der Waals surface area contributed by atoms with Gasteiger partial charge in [-0.25, -0.2) is 5.01 Å². The highest BCUT2D eigenvalue weighted by Crippen LogP contribution is 2.51. The monoisotopic (exact) mass is 338 g/mol. The molecule has 1 aromatic heterocycles. The van der Waals surface area contributed by atoms with E-state index in [0.717, 1.165) is 30.9 Å². The van der Waals surface area contributed by atoms with E-state index in [2.05, 4.69) is 53.7 Å². The molecule has 1 atom stereocenters. The lowest BCUT2D eigenvalue weighted by atomic mass is 9.82. The average molecular weight is 338 g/mol. The van der Waals surface area contributed by atoms with Gasteiger partial charge in [-0.05, 0) is 36.3 Å². The van der Waals surface area contributed by atoms with Crippen LogP contribution in [0.2, 0.25) is 0 Å². The van der Waals surface area contributed by atoms with Gasteiger partial charge in [0.2, 0.25) is 0 Å². The Bertz CT molecular complexity index is 775. The number of para-hydroxylation sites is 1. The maximum Gasteiger partial charge on any atom is 0.198 e. The zero-order valence-corrected chi connectivity index (χ0v) is 14.8. The third kappa shape index (κ3) is 2.12. The highest BCUT2D eigenvalue weighted by Gasteiger charge is 2.51. The molecule has 24 heavy (non-hydrogen) atoms. The number of nitrogens with zero attached hydrogens (tertiary/aromatic N) is 2. The number of fused-ring (bicyclic) bond motifs is 4. The highest BCUT2D eigenvalue weighted by molar-refractivity contribution is 7.12. The molecule has 1 fully saturated rings. The summed E-state index contributed by atoms with van der Waals surface area (Å²) in [6, 6.07) is 13.2. The number of ether oxygens (including phenoxy) is 1. The molecule has 1 saturated carbocycles. The van der Waals surface area contributed by atoms with E-state index in [9.17, 15) is 0 Å². The Labute approximate surface area is 146 Å². The van der Waals surface area contributed by atoms with Gasteiger partial charge in [-0.2, -0.15) is 5.10 Å². The molecule has 1 spiro atoms. The first-order valence-corrected chi connectivity index (χ1v) is 9.82. The minimum atomic E-state index is -0.245. The van der Waals surface area contributed by atoms with Crippen LogP contribution in [0, 0.1) is 5.92 Å². The van der Waals surface area contributed by atoms with Crippen LogP contribution in [0.1, 0.15) is 55.5 Å². The fraction of sp³-hybridized carbons (Fsp3) is 0.450. The Kier molecular flexibility index (Phi) is 3.24. The number of thiophene rings is 1. The molecular weight excluding hydrogens is 316 g/mol. The van der Waals surface area contributed by atoms with Crippen molar-refractivity contribution in [2.24, 2.45) is 11.0 Å². The fourth-order valence-electron chi connectivity index (χ4n) is 4.36. The Hall–Kier alpha value is -1.81. The van der Waals surface area contributed by atoms with Crippen molar-refractivity contribution in [2.75, 3.05) is 0 Å². The molecule has 0 amide bonds. The zero-order valence-electron chi connectivity index (χ0n) is 13.9. The van der Waals surface area contributed by atoms with Gasteiger partial charge in [0.25, 0.3) is 0 Å². The number of hydrogen-bond acceptors (Lipinski definition) is 4. The summed E-state index contributed by atoms with van der Waals surface area (Å²) in [6.45, 7) is 2.35. The van der Waals surface area contributed by atoms with Gasteiger partial charge in [0, 0.05) is 24.8 Å². The lowest BCUT2D eigenvalue weighted by Gasteiger charge is -2.50. The smallest absolute Gasteiger partial charge is 0.198 e. The van der Waals surface area contributed by atoms with Crippen LogP contribution in [0.25, 0.3) is 0 Å². The van der Waals surface area contributed by atoms with Crippen molar-refractivity contribution >= 4 is 17.0 Å². The first-order valence-electron chi connectivity index (χ1n) is 8.94. The van der Waals surface area contributed by atoms with Crippen LogP contribution in [-0.4, -0.2) is 16.4 Å². The molecule has 2 aromatic rings.